The van der Waals surface area contributed by atoms with E-state index in [4.69, 9.17) is 16.0 Å². The molecule has 9 heteroatoms. The van der Waals surface area contributed by atoms with E-state index < -0.39 is 23.2 Å². The van der Waals surface area contributed by atoms with E-state index in [0.29, 0.717) is 27.6 Å². The van der Waals surface area contributed by atoms with E-state index in [-0.39, 0.29) is 22.2 Å². The molecule has 176 valence electrons. The second kappa shape index (κ2) is 9.20. The third-order valence-electron chi connectivity index (χ3n) is 5.34. The highest BCUT2D eigenvalue weighted by Crippen LogP contribution is 2.37. The van der Waals surface area contributed by atoms with Crippen LogP contribution < -0.4 is 10.6 Å². The van der Waals surface area contributed by atoms with Crippen LogP contribution in [0, 0.1) is 17.1 Å². The largest absolute Gasteiger partial charge is 0.437 e. The fourth-order valence-electron chi connectivity index (χ4n) is 3.57. The Balaban J connectivity index is 1.85. The number of benzene rings is 2. The maximum absolute atomic E-state index is 13.4. The molecule has 0 radical (unpaired) electrons. The molecule has 0 fully saturated rings. The average molecular weight is 491 g/mol. The SMILES string of the molecule is CNC(=O)c1c(-c2ccc(F)cc2)oc2nc(Cl)c(-c3cccc(C(=O)NC(C)(C)C#N)c3)cc12. The van der Waals surface area contributed by atoms with Crippen molar-refractivity contribution in [2.75, 3.05) is 7.05 Å². The zero-order valence-corrected chi connectivity index (χ0v) is 19.8. The van der Waals surface area contributed by atoms with Crippen molar-refractivity contribution in [2.45, 2.75) is 19.4 Å². The molecule has 0 saturated heterocycles. The van der Waals surface area contributed by atoms with Crippen LogP contribution in [0.25, 0.3) is 33.6 Å². The smallest absolute Gasteiger partial charge is 0.255 e. The van der Waals surface area contributed by atoms with Gasteiger partial charge in [-0.2, -0.15) is 5.26 Å². The summed E-state index contributed by atoms with van der Waals surface area (Å²) < 4.78 is 19.3. The van der Waals surface area contributed by atoms with Crippen molar-refractivity contribution >= 4 is 34.5 Å². The van der Waals surface area contributed by atoms with E-state index in [9.17, 15) is 19.2 Å². The Bertz CT molecular complexity index is 1500. The number of nitriles is 1. The zero-order chi connectivity index (χ0) is 25.3. The Morgan fingerprint density at radius 1 is 1.09 bits per heavy atom. The third kappa shape index (κ3) is 4.72. The molecule has 0 aliphatic carbocycles. The fourth-order valence-corrected chi connectivity index (χ4v) is 3.81. The minimum atomic E-state index is -1.04. The Morgan fingerprint density at radius 2 is 1.80 bits per heavy atom. The van der Waals surface area contributed by atoms with Gasteiger partial charge in [0.1, 0.15) is 22.3 Å². The molecule has 35 heavy (non-hydrogen) atoms. The quantitative estimate of drug-likeness (QED) is 0.367. The molecule has 7 nitrogen and oxygen atoms in total. The Morgan fingerprint density at radius 3 is 2.46 bits per heavy atom. The Hall–Kier alpha value is -4.22. The van der Waals surface area contributed by atoms with Crippen molar-refractivity contribution in [1.82, 2.24) is 15.6 Å². The number of fused-ring (bicyclic) bond motifs is 1. The summed E-state index contributed by atoms with van der Waals surface area (Å²) in [5, 5.41) is 15.0. The van der Waals surface area contributed by atoms with Crippen LogP contribution in [0.5, 0.6) is 0 Å². The predicted molar refractivity (Wildman–Crippen MR) is 130 cm³/mol. The van der Waals surface area contributed by atoms with E-state index in [1.54, 1.807) is 44.2 Å². The number of halogens is 2. The summed E-state index contributed by atoms with van der Waals surface area (Å²) in [6.45, 7) is 3.20. The van der Waals surface area contributed by atoms with Crippen LogP contribution in [-0.4, -0.2) is 29.4 Å². The van der Waals surface area contributed by atoms with E-state index in [1.807, 2.05) is 6.07 Å². The molecular weight excluding hydrogens is 471 g/mol. The van der Waals surface area contributed by atoms with E-state index in [0.717, 1.165) is 0 Å². The molecular formula is C26H20ClFN4O3. The Labute approximate surface area is 205 Å². The van der Waals surface area contributed by atoms with Gasteiger partial charge in [-0.15, -0.1) is 0 Å². The van der Waals surface area contributed by atoms with Crippen molar-refractivity contribution in [3.05, 3.63) is 76.7 Å². The number of carbonyl (C=O) groups excluding carboxylic acids is 2. The second-order valence-electron chi connectivity index (χ2n) is 8.34. The molecule has 0 atom stereocenters. The number of hydrogen-bond acceptors (Lipinski definition) is 5. The van der Waals surface area contributed by atoms with Gasteiger partial charge >= 0.3 is 0 Å². The van der Waals surface area contributed by atoms with Gasteiger partial charge in [-0.25, -0.2) is 9.37 Å². The summed E-state index contributed by atoms with van der Waals surface area (Å²) in [6.07, 6.45) is 0. The van der Waals surface area contributed by atoms with Gasteiger partial charge in [0.05, 0.1) is 17.0 Å². The minimum Gasteiger partial charge on any atom is -0.437 e. The molecule has 0 spiro atoms. The number of rotatable bonds is 5. The third-order valence-corrected chi connectivity index (χ3v) is 5.63. The summed E-state index contributed by atoms with van der Waals surface area (Å²) in [5.74, 6) is -1.02. The van der Waals surface area contributed by atoms with Gasteiger partial charge in [0.25, 0.3) is 11.8 Å². The molecule has 2 amide bonds. The normalized spacial score (nSPS) is 11.2. The van der Waals surface area contributed by atoms with Crippen LogP contribution in [-0.2, 0) is 0 Å². The van der Waals surface area contributed by atoms with Gasteiger partial charge in [0.15, 0.2) is 0 Å². The summed E-state index contributed by atoms with van der Waals surface area (Å²) >= 11 is 6.48. The zero-order valence-electron chi connectivity index (χ0n) is 19.1. The highest BCUT2D eigenvalue weighted by molar-refractivity contribution is 6.32. The Kier molecular flexibility index (Phi) is 6.29. The van der Waals surface area contributed by atoms with Gasteiger partial charge in [0.2, 0.25) is 5.71 Å². The monoisotopic (exact) mass is 490 g/mol. The van der Waals surface area contributed by atoms with Gasteiger partial charge < -0.3 is 15.1 Å². The van der Waals surface area contributed by atoms with Crippen LogP contribution in [0.1, 0.15) is 34.6 Å². The minimum absolute atomic E-state index is 0.107. The van der Waals surface area contributed by atoms with Crippen LogP contribution in [0.3, 0.4) is 0 Å². The summed E-state index contributed by atoms with van der Waals surface area (Å²) in [6, 6.07) is 15.9. The predicted octanol–water partition coefficient (Wildman–Crippen LogP) is 5.35. The number of nitrogens with zero attached hydrogens (tertiary/aromatic N) is 2. The van der Waals surface area contributed by atoms with Gasteiger partial charge in [-0.1, -0.05) is 23.7 Å². The molecule has 2 heterocycles. The van der Waals surface area contributed by atoms with Crippen molar-refractivity contribution in [3.63, 3.8) is 0 Å². The number of pyridine rings is 1. The van der Waals surface area contributed by atoms with E-state index in [2.05, 4.69) is 15.6 Å². The first-order chi connectivity index (χ1) is 16.6. The van der Waals surface area contributed by atoms with Gasteiger partial charge in [0, 0.05) is 23.7 Å². The van der Waals surface area contributed by atoms with Gasteiger partial charge in [-0.05, 0) is 61.9 Å². The highest BCUT2D eigenvalue weighted by Gasteiger charge is 2.25. The molecule has 0 unspecified atom stereocenters. The summed E-state index contributed by atoms with van der Waals surface area (Å²) in [5.41, 5.74) is 1.21. The maximum Gasteiger partial charge on any atom is 0.255 e. The summed E-state index contributed by atoms with van der Waals surface area (Å²) in [7, 11) is 1.49. The van der Waals surface area contributed by atoms with Crippen molar-refractivity contribution in [1.29, 1.82) is 5.26 Å². The van der Waals surface area contributed by atoms with E-state index in [1.165, 1.54) is 31.3 Å². The fraction of sp³-hybridized carbons (Fsp3) is 0.154. The molecule has 2 N–H and O–H groups in total. The number of furan rings is 1. The molecule has 4 aromatic rings. The first-order valence-electron chi connectivity index (χ1n) is 10.6. The topological polar surface area (TPSA) is 108 Å². The molecule has 2 aromatic carbocycles. The van der Waals surface area contributed by atoms with Crippen molar-refractivity contribution in [2.24, 2.45) is 0 Å². The molecule has 0 aliphatic rings. The molecule has 4 rings (SSSR count). The van der Waals surface area contributed by atoms with Crippen LogP contribution in [0.4, 0.5) is 4.39 Å². The molecule has 0 saturated carbocycles. The number of amides is 2. The van der Waals surface area contributed by atoms with Crippen molar-refractivity contribution in [3.8, 4) is 28.5 Å². The maximum atomic E-state index is 13.4. The van der Waals surface area contributed by atoms with Crippen LogP contribution >= 0.6 is 11.6 Å². The first-order valence-corrected chi connectivity index (χ1v) is 11.0. The number of hydrogen-bond donors (Lipinski definition) is 2. The summed E-state index contributed by atoms with van der Waals surface area (Å²) in [4.78, 5) is 29.8. The average Bonchev–Trinajstić information content (AvgIpc) is 3.21. The lowest BCUT2D eigenvalue weighted by atomic mass is 10.0. The van der Waals surface area contributed by atoms with Gasteiger partial charge in [-0.3, -0.25) is 9.59 Å². The standard InChI is InChI=1S/C26H20ClFN4O3/c1-26(2,13-29)32-23(33)16-6-4-5-15(11-16)18-12-19-20(24(34)30-3)21(35-25(19)31-22(18)27)14-7-9-17(28)10-8-14/h4-12H,1-3H3,(H,30,34)(H,32,33). The number of aromatic nitrogens is 1. The number of nitrogens with one attached hydrogen (secondary N) is 2. The van der Waals surface area contributed by atoms with Crippen molar-refractivity contribution < 1.29 is 18.4 Å². The molecule has 2 aromatic heterocycles. The molecule has 0 aliphatic heterocycles. The van der Waals surface area contributed by atoms with E-state index >= 15 is 0 Å². The lowest BCUT2D eigenvalue weighted by Crippen LogP contribution is -2.42. The van der Waals surface area contributed by atoms with Crippen LogP contribution in [0.15, 0.2) is 59.0 Å². The molecule has 0 bridgehead atoms. The second-order valence-corrected chi connectivity index (χ2v) is 8.70. The highest BCUT2D eigenvalue weighted by atomic mass is 35.5. The lowest BCUT2D eigenvalue weighted by Gasteiger charge is -2.17. The van der Waals surface area contributed by atoms with Crippen LogP contribution in [0.2, 0.25) is 5.15 Å². The lowest BCUT2D eigenvalue weighted by molar-refractivity contribution is 0.0927. The first kappa shape index (κ1) is 23.9. The number of carbonyl (C=O) groups is 2.